The number of aromatic nitrogens is 3. The molecule has 9 heteroatoms. The summed E-state index contributed by atoms with van der Waals surface area (Å²) in [6.07, 6.45) is 7.42. The molecule has 0 atom stereocenters. The zero-order valence-corrected chi connectivity index (χ0v) is 22.7. The number of hydrogen-bond donors (Lipinski definition) is 0. The molecular weight excluding hydrogens is 554 g/mol. The Hall–Kier alpha value is -3.69. The van der Waals surface area contributed by atoms with Gasteiger partial charge in [0.05, 0.1) is 13.7 Å². The maximum Gasteiger partial charge on any atom is 0.291 e. The first-order valence-electron chi connectivity index (χ1n) is 11.8. The van der Waals surface area contributed by atoms with Gasteiger partial charge in [-0.15, -0.1) is 5.10 Å². The number of ether oxygens (including phenoxy) is 2. The summed E-state index contributed by atoms with van der Waals surface area (Å²) in [5.74, 6) is 3.16. The Labute approximate surface area is 225 Å². The number of furan rings is 1. The summed E-state index contributed by atoms with van der Waals surface area (Å²) in [5, 5.41) is 4.37. The second-order valence-electron chi connectivity index (χ2n) is 8.23. The van der Waals surface area contributed by atoms with Crippen LogP contribution >= 0.6 is 27.3 Å². The quantitative estimate of drug-likeness (QED) is 0.197. The first kappa shape index (κ1) is 25.0. The lowest BCUT2D eigenvalue weighted by molar-refractivity contribution is 0.288. The van der Waals surface area contributed by atoms with Gasteiger partial charge in [0, 0.05) is 16.1 Å². The average molecular weight is 578 g/mol. The lowest BCUT2D eigenvalue weighted by atomic mass is 10.2. The minimum Gasteiger partial charge on any atom is -0.493 e. The number of rotatable bonds is 9. The van der Waals surface area contributed by atoms with Crippen molar-refractivity contribution in [2.24, 2.45) is 0 Å². The minimum atomic E-state index is -0.232. The van der Waals surface area contributed by atoms with E-state index in [0.717, 1.165) is 34.2 Å². The van der Waals surface area contributed by atoms with E-state index in [1.54, 1.807) is 19.3 Å². The molecule has 0 saturated heterocycles. The summed E-state index contributed by atoms with van der Waals surface area (Å²) in [6.45, 7) is 2.78. The van der Waals surface area contributed by atoms with Gasteiger partial charge >= 0.3 is 0 Å². The lowest BCUT2D eigenvalue weighted by Gasteiger charge is -2.10. The molecule has 0 aliphatic rings. The molecule has 2 aromatic carbocycles. The number of halogens is 1. The van der Waals surface area contributed by atoms with Crippen LogP contribution in [0.1, 0.15) is 36.9 Å². The van der Waals surface area contributed by atoms with Crippen LogP contribution in [0.3, 0.4) is 0 Å². The zero-order valence-electron chi connectivity index (χ0n) is 20.3. The van der Waals surface area contributed by atoms with E-state index in [0.29, 0.717) is 39.2 Å². The van der Waals surface area contributed by atoms with E-state index in [2.05, 4.69) is 32.9 Å². The van der Waals surface area contributed by atoms with Crippen molar-refractivity contribution in [2.75, 3.05) is 13.7 Å². The Morgan fingerprint density at radius 2 is 1.92 bits per heavy atom. The van der Waals surface area contributed by atoms with Gasteiger partial charge in [0.15, 0.2) is 17.3 Å². The van der Waals surface area contributed by atoms with Gasteiger partial charge in [-0.05, 0) is 54.5 Å². The predicted octanol–water partition coefficient (Wildman–Crippen LogP) is 6.08. The molecule has 0 aliphatic heterocycles. The molecule has 0 radical (unpaired) electrons. The van der Waals surface area contributed by atoms with Crippen LogP contribution in [0.5, 0.6) is 11.5 Å². The number of methoxy groups -OCH3 is 1. The van der Waals surface area contributed by atoms with Crippen LogP contribution in [-0.2, 0) is 0 Å². The van der Waals surface area contributed by atoms with E-state index in [4.69, 9.17) is 13.9 Å². The Kier molecular flexibility index (Phi) is 7.52. The van der Waals surface area contributed by atoms with Crippen molar-refractivity contribution in [3.63, 3.8) is 0 Å². The number of nitrogens with zero attached hydrogens (tertiary/aromatic N) is 3. The van der Waals surface area contributed by atoms with Gasteiger partial charge in [-0.2, -0.15) is 9.50 Å². The maximum atomic E-state index is 12.9. The highest BCUT2D eigenvalue weighted by Crippen LogP contribution is 2.29. The Morgan fingerprint density at radius 1 is 1.08 bits per heavy atom. The molecule has 0 spiro atoms. The molecule has 5 aromatic rings. The molecule has 0 N–H and O–H groups in total. The van der Waals surface area contributed by atoms with E-state index in [-0.39, 0.29) is 5.56 Å². The highest BCUT2D eigenvalue weighted by molar-refractivity contribution is 9.10. The Bertz CT molecular complexity index is 1670. The van der Waals surface area contributed by atoms with Crippen LogP contribution in [0, 0.1) is 0 Å². The van der Waals surface area contributed by atoms with E-state index in [1.165, 1.54) is 15.9 Å². The summed E-state index contributed by atoms with van der Waals surface area (Å²) in [6, 6.07) is 17.3. The zero-order chi connectivity index (χ0) is 25.8. The van der Waals surface area contributed by atoms with Gasteiger partial charge in [-0.3, -0.25) is 4.79 Å². The predicted molar refractivity (Wildman–Crippen MR) is 150 cm³/mol. The van der Waals surface area contributed by atoms with Gasteiger partial charge in [0.25, 0.3) is 5.56 Å². The molecule has 0 amide bonds. The van der Waals surface area contributed by atoms with Crippen LogP contribution in [0.25, 0.3) is 34.5 Å². The van der Waals surface area contributed by atoms with Gasteiger partial charge in [-0.25, -0.2) is 0 Å². The molecule has 0 aliphatic carbocycles. The van der Waals surface area contributed by atoms with Crippen molar-refractivity contribution in [1.82, 2.24) is 14.6 Å². The second kappa shape index (κ2) is 11.1. The van der Waals surface area contributed by atoms with Crippen molar-refractivity contribution in [3.05, 3.63) is 91.1 Å². The Balaban J connectivity index is 1.34. The van der Waals surface area contributed by atoms with Crippen molar-refractivity contribution in [2.45, 2.75) is 19.8 Å². The number of thiazole rings is 1. The van der Waals surface area contributed by atoms with Crippen LogP contribution in [0.4, 0.5) is 0 Å². The molecule has 0 saturated carbocycles. The van der Waals surface area contributed by atoms with Crippen molar-refractivity contribution >= 4 is 50.5 Å². The first-order valence-corrected chi connectivity index (χ1v) is 13.4. The van der Waals surface area contributed by atoms with Gasteiger partial charge in [-0.1, -0.05) is 64.9 Å². The standard InChI is InChI=1S/C28H24BrN3O4S/c1-3-4-15-35-23-12-5-18(16-24(23)34-2)6-14-26-30-28-32(31-26)27(33)25(37-28)17-21-11-13-22(36-21)19-7-9-20(29)10-8-19/h5-14,16-17H,3-4,15H2,1-2H3/b14-6+,25-17-. The van der Waals surface area contributed by atoms with E-state index in [1.807, 2.05) is 60.7 Å². The summed E-state index contributed by atoms with van der Waals surface area (Å²) in [5.41, 5.74) is 1.64. The van der Waals surface area contributed by atoms with Crippen LogP contribution in [-0.4, -0.2) is 28.3 Å². The number of fused-ring (bicyclic) bond motifs is 1. The SMILES string of the molecule is CCCCOc1ccc(/C=C/c2nc3s/c(=C\c4ccc(-c5ccc(Br)cc5)o4)c(=O)n3n2)cc1OC. The molecule has 37 heavy (non-hydrogen) atoms. The van der Waals surface area contributed by atoms with Crippen molar-refractivity contribution in [3.8, 4) is 22.8 Å². The normalized spacial score (nSPS) is 12.1. The number of unbranched alkanes of at least 4 members (excludes halogenated alkanes) is 1. The van der Waals surface area contributed by atoms with Crippen molar-refractivity contribution < 1.29 is 13.9 Å². The van der Waals surface area contributed by atoms with Crippen LogP contribution in [0.2, 0.25) is 0 Å². The summed E-state index contributed by atoms with van der Waals surface area (Å²) in [7, 11) is 1.62. The summed E-state index contributed by atoms with van der Waals surface area (Å²) < 4.78 is 20.0. The topological polar surface area (TPSA) is 78.9 Å². The van der Waals surface area contributed by atoms with E-state index in [9.17, 15) is 4.79 Å². The average Bonchev–Trinajstić information content (AvgIpc) is 3.61. The fourth-order valence-electron chi connectivity index (χ4n) is 3.65. The summed E-state index contributed by atoms with van der Waals surface area (Å²) in [4.78, 5) is 17.9. The molecule has 7 nitrogen and oxygen atoms in total. The number of benzene rings is 2. The Morgan fingerprint density at radius 3 is 2.68 bits per heavy atom. The largest absolute Gasteiger partial charge is 0.493 e. The molecule has 0 fully saturated rings. The van der Waals surface area contributed by atoms with Gasteiger partial charge in [0.1, 0.15) is 16.1 Å². The fourth-order valence-corrected chi connectivity index (χ4v) is 4.81. The highest BCUT2D eigenvalue weighted by atomic mass is 79.9. The molecule has 3 aromatic heterocycles. The minimum absolute atomic E-state index is 0.232. The van der Waals surface area contributed by atoms with Gasteiger partial charge < -0.3 is 13.9 Å². The number of hydrogen-bond acceptors (Lipinski definition) is 7. The first-order chi connectivity index (χ1) is 18.0. The molecular formula is C28H24BrN3O4S. The molecule has 0 bridgehead atoms. The van der Waals surface area contributed by atoms with Crippen LogP contribution in [0.15, 0.2) is 68.3 Å². The molecule has 188 valence electrons. The molecule has 3 heterocycles. The second-order valence-corrected chi connectivity index (χ2v) is 10.2. The molecule has 0 unspecified atom stereocenters. The summed E-state index contributed by atoms with van der Waals surface area (Å²) >= 11 is 4.70. The van der Waals surface area contributed by atoms with Crippen LogP contribution < -0.4 is 19.6 Å². The third-order valence-corrected chi connectivity index (χ3v) is 7.08. The highest BCUT2D eigenvalue weighted by Gasteiger charge is 2.11. The lowest BCUT2D eigenvalue weighted by Crippen LogP contribution is -2.23. The van der Waals surface area contributed by atoms with E-state index < -0.39 is 0 Å². The fraction of sp³-hybridized carbons (Fsp3) is 0.179. The maximum absolute atomic E-state index is 12.9. The third kappa shape index (κ3) is 5.68. The van der Waals surface area contributed by atoms with E-state index >= 15 is 0 Å². The smallest absolute Gasteiger partial charge is 0.291 e. The monoisotopic (exact) mass is 577 g/mol. The molecule has 5 rings (SSSR count). The van der Waals surface area contributed by atoms with Gasteiger partial charge in [0.2, 0.25) is 4.96 Å². The third-order valence-electron chi connectivity index (χ3n) is 5.60. The van der Waals surface area contributed by atoms with Crippen molar-refractivity contribution in [1.29, 1.82) is 0 Å².